The molecule has 2 heterocycles. The highest BCUT2D eigenvalue weighted by Gasteiger charge is 2.17. The van der Waals surface area contributed by atoms with Crippen molar-refractivity contribution in [3.63, 3.8) is 0 Å². The maximum absolute atomic E-state index is 5.95. The highest BCUT2D eigenvalue weighted by molar-refractivity contribution is 7.99. The SMILES string of the molecule is Nc1ncnc(NC2CCSC2)c1Cl. The van der Waals surface area contributed by atoms with Crippen molar-refractivity contribution in [2.75, 3.05) is 22.6 Å². The van der Waals surface area contributed by atoms with Crippen LogP contribution in [0.25, 0.3) is 0 Å². The minimum Gasteiger partial charge on any atom is -0.382 e. The third-order valence-corrected chi connectivity index (χ3v) is 3.62. The molecule has 0 aromatic carbocycles. The number of nitrogens with one attached hydrogen (secondary N) is 1. The molecule has 1 aliphatic heterocycles. The third-order valence-electron chi connectivity index (χ3n) is 2.09. The lowest BCUT2D eigenvalue weighted by Crippen LogP contribution is -2.19. The summed E-state index contributed by atoms with van der Waals surface area (Å²) >= 11 is 7.88. The predicted molar refractivity (Wildman–Crippen MR) is 60.8 cm³/mol. The summed E-state index contributed by atoms with van der Waals surface area (Å²) in [4.78, 5) is 7.86. The number of rotatable bonds is 2. The van der Waals surface area contributed by atoms with Crippen LogP contribution in [0.2, 0.25) is 5.02 Å². The Hall–Kier alpha value is -0.680. The van der Waals surface area contributed by atoms with Crippen molar-refractivity contribution in [1.29, 1.82) is 0 Å². The van der Waals surface area contributed by atoms with Crippen LogP contribution in [0.1, 0.15) is 6.42 Å². The van der Waals surface area contributed by atoms with E-state index in [-0.39, 0.29) is 0 Å². The maximum Gasteiger partial charge on any atom is 0.150 e. The fourth-order valence-electron chi connectivity index (χ4n) is 1.33. The molecule has 0 spiro atoms. The average Bonchev–Trinajstić information content (AvgIpc) is 2.66. The maximum atomic E-state index is 5.95. The van der Waals surface area contributed by atoms with Crippen molar-refractivity contribution in [3.8, 4) is 0 Å². The van der Waals surface area contributed by atoms with E-state index in [9.17, 15) is 0 Å². The third kappa shape index (κ3) is 2.04. The summed E-state index contributed by atoms with van der Waals surface area (Å²) in [6.45, 7) is 0. The Morgan fingerprint density at radius 3 is 3.14 bits per heavy atom. The molecule has 1 fully saturated rings. The van der Waals surface area contributed by atoms with Crippen LogP contribution >= 0.6 is 23.4 Å². The second-order valence-electron chi connectivity index (χ2n) is 3.13. The van der Waals surface area contributed by atoms with Gasteiger partial charge in [-0.05, 0) is 12.2 Å². The second kappa shape index (κ2) is 4.23. The van der Waals surface area contributed by atoms with Gasteiger partial charge in [0.15, 0.2) is 5.82 Å². The van der Waals surface area contributed by atoms with Gasteiger partial charge in [-0.15, -0.1) is 0 Å². The van der Waals surface area contributed by atoms with E-state index in [1.165, 1.54) is 12.1 Å². The van der Waals surface area contributed by atoms with Gasteiger partial charge in [-0.2, -0.15) is 11.8 Å². The van der Waals surface area contributed by atoms with E-state index in [4.69, 9.17) is 17.3 Å². The first kappa shape index (κ1) is 9.86. The molecule has 4 nitrogen and oxygen atoms in total. The number of aromatic nitrogens is 2. The van der Waals surface area contributed by atoms with E-state index >= 15 is 0 Å². The van der Waals surface area contributed by atoms with Gasteiger partial charge in [0.05, 0.1) is 0 Å². The second-order valence-corrected chi connectivity index (χ2v) is 4.65. The number of nitrogens with zero attached hydrogens (tertiary/aromatic N) is 2. The monoisotopic (exact) mass is 230 g/mol. The van der Waals surface area contributed by atoms with E-state index in [1.54, 1.807) is 0 Å². The first-order valence-corrected chi connectivity index (χ1v) is 5.91. The molecule has 1 aromatic heterocycles. The number of hydrogen-bond acceptors (Lipinski definition) is 5. The van der Waals surface area contributed by atoms with Crippen LogP contribution in [0, 0.1) is 0 Å². The van der Waals surface area contributed by atoms with E-state index in [1.807, 2.05) is 11.8 Å². The van der Waals surface area contributed by atoms with Gasteiger partial charge in [0.2, 0.25) is 0 Å². The van der Waals surface area contributed by atoms with Crippen LogP contribution < -0.4 is 11.1 Å². The number of halogens is 1. The molecule has 0 amide bonds. The summed E-state index contributed by atoms with van der Waals surface area (Å²) in [5.74, 6) is 3.26. The molecule has 0 aliphatic carbocycles. The number of nitrogen functional groups attached to an aromatic ring is 1. The Kier molecular flexibility index (Phi) is 2.98. The van der Waals surface area contributed by atoms with Gasteiger partial charge in [-0.3, -0.25) is 0 Å². The Balaban J connectivity index is 2.11. The number of nitrogens with two attached hydrogens (primary N) is 1. The largest absolute Gasteiger partial charge is 0.382 e. The molecule has 1 atom stereocenters. The molecular weight excluding hydrogens is 220 g/mol. The molecule has 2 rings (SSSR count). The van der Waals surface area contributed by atoms with Crippen molar-refractivity contribution in [3.05, 3.63) is 11.3 Å². The zero-order valence-electron chi connectivity index (χ0n) is 7.53. The lowest BCUT2D eigenvalue weighted by Gasteiger charge is -2.13. The van der Waals surface area contributed by atoms with Gasteiger partial charge in [0, 0.05) is 11.8 Å². The summed E-state index contributed by atoms with van der Waals surface area (Å²) in [6.07, 6.45) is 2.57. The smallest absolute Gasteiger partial charge is 0.150 e. The molecule has 1 saturated heterocycles. The molecule has 1 unspecified atom stereocenters. The molecule has 1 aromatic rings. The van der Waals surface area contributed by atoms with Gasteiger partial charge in [-0.1, -0.05) is 11.6 Å². The van der Waals surface area contributed by atoms with Crippen molar-refractivity contribution in [2.45, 2.75) is 12.5 Å². The average molecular weight is 231 g/mol. The molecule has 14 heavy (non-hydrogen) atoms. The van der Waals surface area contributed by atoms with E-state index in [0.717, 1.165) is 12.2 Å². The molecule has 6 heteroatoms. The predicted octanol–water partition coefficient (Wildman–Crippen LogP) is 1.63. The molecule has 0 saturated carbocycles. The summed E-state index contributed by atoms with van der Waals surface area (Å²) < 4.78 is 0. The topological polar surface area (TPSA) is 63.8 Å². The van der Waals surface area contributed by atoms with Crippen molar-refractivity contribution in [2.24, 2.45) is 0 Å². The zero-order valence-corrected chi connectivity index (χ0v) is 9.11. The number of anilines is 2. The first-order chi connectivity index (χ1) is 6.77. The fourth-order valence-corrected chi connectivity index (χ4v) is 2.63. The van der Waals surface area contributed by atoms with Gasteiger partial charge in [-0.25, -0.2) is 9.97 Å². The Labute approximate surface area is 91.6 Å². The van der Waals surface area contributed by atoms with Crippen molar-refractivity contribution < 1.29 is 0 Å². The molecule has 76 valence electrons. The van der Waals surface area contributed by atoms with E-state index in [2.05, 4.69) is 15.3 Å². The summed E-state index contributed by atoms with van der Waals surface area (Å²) in [6, 6.07) is 0.451. The summed E-state index contributed by atoms with van der Waals surface area (Å²) in [7, 11) is 0. The lowest BCUT2D eigenvalue weighted by molar-refractivity contribution is 0.806. The molecule has 0 bridgehead atoms. The van der Waals surface area contributed by atoms with Gasteiger partial charge in [0.25, 0.3) is 0 Å². The Bertz CT molecular complexity index is 327. The van der Waals surface area contributed by atoms with Crippen LogP contribution in [0.3, 0.4) is 0 Å². The van der Waals surface area contributed by atoms with Crippen molar-refractivity contribution >= 4 is 35.0 Å². The zero-order chi connectivity index (χ0) is 9.97. The first-order valence-electron chi connectivity index (χ1n) is 4.37. The van der Waals surface area contributed by atoms with Crippen LogP contribution in [0.5, 0.6) is 0 Å². The standard InChI is InChI=1S/C8H11ClN4S/c9-6-7(10)11-4-12-8(6)13-5-1-2-14-3-5/h4-5H,1-3H2,(H3,10,11,12,13). The summed E-state index contributed by atoms with van der Waals surface area (Å²) in [5.41, 5.74) is 5.57. The van der Waals surface area contributed by atoms with E-state index < -0.39 is 0 Å². The number of thioether (sulfide) groups is 1. The van der Waals surface area contributed by atoms with E-state index in [0.29, 0.717) is 22.7 Å². The highest BCUT2D eigenvalue weighted by atomic mass is 35.5. The molecular formula is C8H11ClN4S. The van der Waals surface area contributed by atoms with Gasteiger partial charge >= 0.3 is 0 Å². The van der Waals surface area contributed by atoms with Crippen LogP contribution in [0.4, 0.5) is 11.6 Å². The number of hydrogen-bond donors (Lipinski definition) is 2. The molecule has 3 N–H and O–H groups in total. The minimum atomic E-state index is 0.329. The van der Waals surface area contributed by atoms with Gasteiger partial charge in [0.1, 0.15) is 17.2 Å². The normalized spacial score (nSPS) is 21.1. The quantitative estimate of drug-likeness (QED) is 0.809. The lowest BCUT2D eigenvalue weighted by atomic mass is 10.2. The minimum absolute atomic E-state index is 0.329. The Morgan fingerprint density at radius 2 is 2.43 bits per heavy atom. The Morgan fingerprint density at radius 1 is 1.57 bits per heavy atom. The fraction of sp³-hybridized carbons (Fsp3) is 0.500. The van der Waals surface area contributed by atoms with Crippen LogP contribution in [0.15, 0.2) is 6.33 Å². The summed E-state index contributed by atoms with van der Waals surface area (Å²) in [5, 5.41) is 3.69. The highest BCUT2D eigenvalue weighted by Crippen LogP contribution is 2.27. The molecule has 1 aliphatic rings. The van der Waals surface area contributed by atoms with Crippen molar-refractivity contribution in [1.82, 2.24) is 9.97 Å². The van der Waals surface area contributed by atoms with Gasteiger partial charge < -0.3 is 11.1 Å². The molecule has 0 radical (unpaired) electrons. The van der Waals surface area contributed by atoms with Crippen LogP contribution in [-0.2, 0) is 0 Å². The van der Waals surface area contributed by atoms with Crippen LogP contribution in [-0.4, -0.2) is 27.5 Å².